The zero-order chi connectivity index (χ0) is 13.7. The number of methoxy groups -OCH3 is 1. The van der Waals surface area contributed by atoms with Crippen LogP contribution in [0, 0.1) is 5.92 Å². The molecule has 18 heavy (non-hydrogen) atoms. The van der Waals surface area contributed by atoms with Crippen LogP contribution in [0.3, 0.4) is 0 Å². The average molecular weight is 250 g/mol. The Morgan fingerprint density at radius 2 is 2.11 bits per heavy atom. The normalized spacial score (nSPS) is 10.5. The van der Waals surface area contributed by atoms with Gasteiger partial charge in [0.2, 0.25) is 0 Å². The van der Waals surface area contributed by atoms with E-state index in [-0.39, 0.29) is 5.91 Å². The molecule has 0 aliphatic heterocycles. The number of anilines is 1. The number of carbonyl (C=O) groups is 1. The van der Waals surface area contributed by atoms with Gasteiger partial charge in [-0.1, -0.05) is 13.8 Å². The summed E-state index contributed by atoms with van der Waals surface area (Å²) in [5.74, 6) is 1.07. The minimum atomic E-state index is -0.0347. The molecule has 0 aliphatic carbocycles. The Labute approximate surface area is 109 Å². The number of nitrogen functional groups attached to an aromatic ring is 1. The van der Waals surface area contributed by atoms with Gasteiger partial charge in [0.1, 0.15) is 5.75 Å². The van der Waals surface area contributed by atoms with Gasteiger partial charge >= 0.3 is 0 Å². The quantitative estimate of drug-likeness (QED) is 0.816. The third kappa shape index (κ3) is 3.65. The van der Waals surface area contributed by atoms with E-state index in [4.69, 9.17) is 10.5 Å². The summed E-state index contributed by atoms with van der Waals surface area (Å²) in [6, 6.07) is 5.10. The van der Waals surface area contributed by atoms with E-state index >= 15 is 0 Å². The lowest BCUT2D eigenvalue weighted by atomic mass is 10.1. The Hall–Kier alpha value is -1.71. The van der Waals surface area contributed by atoms with Crippen LogP contribution in [0.1, 0.15) is 30.6 Å². The minimum Gasteiger partial charge on any atom is -0.496 e. The first-order chi connectivity index (χ1) is 8.45. The van der Waals surface area contributed by atoms with Gasteiger partial charge in [0.05, 0.1) is 12.7 Å². The molecule has 0 saturated heterocycles. The van der Waals surface area contributed by atoms with Gasteiger partial charge in [0, 0.05) is 25.3 Å². The molecule has 1 rings (SSSR count). The number of ether oxygens (including phenoxy) is 1. The number of carbonyl (C=O) groups excluding carboxylic acids is 1. The van der Waals surface area contributed by atoms with Gasteiger partial charge in [0.15, 0.2) is 0 Å². The summed E-state index contributed by atoms with van der Waals surface area (Å²) in [6.07, 6.45) is 0.986. The lowest BCUT2D eigenvalue weighted by molar-refractivity contribution is 0.0786. The number of hydrogen-bond acceptors (Lipinski definition) is 3. The fraction of sp³-hybridized carbons (Fsp3) is 0.500. The van der Waals surface area contributed by atoms with Crippen molar-refractivity contribution >= 4 is 11.6 Å². The van der Waals surface area contributed by atoms with Crippen LogP contribution in [-0.2, 0) is 0 Å². The zero-order valence-electron chi connectivity index (χ0n) is 11.6. The Kier molecular flexibility index (Phi) is 5.01. The fourth-order valence-electron chi connectivity index (χ4n) is 1.64. The SMILES string of the molecule is COc1cc(N)ccc1C(=O)N(C)CCC(C)C. The Morgan fingerprint density at radius 3 is 2.67 bits per heavy atom. The van der Waals surface area contributed by atoms with Crippen LogP contribution in [0.15, 0.2) is 18.2 Å². The van der Waals surface area contributed by atoms with E-state index in [0.29, 0.717) is 22.9 Å². The molecule has 0 bridgehead atoms. The topological polar surface area (TPSA) is 55.6 Å². The molecule has 0 saturated carbocycles. The monoisotopic (exact) mass is 250 g/mol. The highest BCUT2D eigenvalue weighted by Crippen LogP contribution is 2.22. The molecule has 0 radical (unpaired) electrons. The summed E-state index contributed by atoms with van der Waals surface area (Å²) in [7, 11) is 3.35. The van der Waals surface area contributed by atoms with Gasteiger partial charge in [-0.05, 0) is 24.5 Å². The summed E-state index contributed by atoms with van der Waals surface area (Å²) in [5.41, 5.74) is 6.82. The first-order valence-corrected chi connectivity index (χ1v) is 6.14. The number of amides is 1. The van der Waals surface area contributed by atoms with Crippen molar-refractivity contribution in [2.24, 2.45) is 5.92 Å². The van der Waals surface area contributed by atoms with E-state index in [9.17, 15) is 4.79 Å². The molecule has 0 atom stereocenters. The average Bonchev–Trinajstić information content (AvgIpc) is 2.34. The van der Waals surface area contributed by atoms with Gasteiger partial charge in [0.25, 0.3) is 5.91 Å². The highest BCUT2D eigenvalue weighted by atomic mass is 16.5. The van der Waals surface area contributed by atoms with E-state index < -0.39 is 0 Å². The smallest absolute Gasteiger partial charge is 0.257 e. The van der Waals surface area contributed by atoms with Crippen molar-refractivity contribution in [3.05, 3.63) is 23.8 Å². The van der Waals surface area contributed by atoms with Crippen LogP contribution in [0.5, 0.6) is 5.75 Å². The second-order valence-corrected chi connectivity index (χ2v) is 4.87. The van der Waals surface area contributed by atoms with Crippen molar-refractivity contribution < 1.29 is 9.53 Å². The molecule has 0 heterocycles. The second-order valence-electron chi connectivity index (χ2n) is 4.87. The van der Waals surface area contributed by atoms with Crippen molar-refractivity contribution in [2.45, 2.75) is 20.3 Å². The molecule has 0 aromatic heterocycles. The molecular weight excluding hydrogens is 228 g/mol. The van der Waals surface area contributed by atoms with Gasteiger partial charge in [-0.3, -0.25) is 4.79 Å². The zero-order valence-corrected chi connectivity index (χ0v) is 11.6. The number of rotatable bonds is 5. The molecule has 0 unspecified atom stereocenters. The predicted octanol–water partition coefficient (Wildman–Crippen LogP) is 2.40. The number of nitrogens with zero attached hydrogens (tertiary/aromatic N) is 1. The van der Waals surface area contributed by atoms with Crippen LogP contribution in [0.4, 0.5) is 5.69 Å². The Bertz CT molecular complexity index is 416. The van der Waals surface area contributed by atoms with Crippen molar-refractivity contribution in [3.63, 3.8) is 0 Å². The first kappa shape index (κ1) is 14.4. The standard InChI is InChI=1S/C14H22N2O2/c1-10(2)7-8-16(3)14(17)12-6-5-11(15)9-13(12)18-4/h5-6,9-10H,7-8,15H2,1-4H3. The van der Waals surface area contributed by atoms with Gasteiger partial charge in [-0.15, -0.1) is 0 Å². The fourth-order valence-corrected chi connectivity index (χ4v) is 1.64. The summed E-state index contributed by atoms with van der Waals surface area (Å²) in [6.45, 7) is 5.02. The second kappa shape index (κ2) is 6.28. The van der Waals surface area contributed by atoms with Crippen LogP contribution in [-0.4, -0.2) is 31.5 Å². The molecule has 100 valence electrons. The van der Waals surface area contributed by atoms with E-state index in [1.807, 2.05) is 0 Å². The number of nitrogens with two attached hydrogens (primary N) is 1. The molecule has 2 N–H and O–H groups in total. The number of benzene rings is 1. The van der Waals surface area contributed by atoms with E-state index in [1.165, 1.54) is 0 Å². The van der Waals surface area contributed by atoms with E-state index in [1.54, 1.807) is 37.3 Å². The molecule has 1 amide bonds. The Balaban J connectivity index is 2.83. The van der Waals surface area contributed by atoms with E-state index in [0.717, 1.165) is 13.0 Å². The summed E-state index contributed by atoms with van der Waals surface area (Å²) >= 11 is 0. The van der Waals surface area contributed by atoms with E-state index in [2.05, 4.69) is 13.8 Å². The first-order valence-electron chi connectivity index (χ1n) is 6.14. The van der Waals surface area contributed by atoms with Crippen molar-refractivity contribution in [2.75, 3.05) is 26.4 Å². The minimum absolute atomic E-state index is 0.0347. The van der Waals surface area contributed by atoms with Crippen molar-refractivity contribution in [3.8, 4) is 5.75 Å². The van der Waals surface area contributed by atoms with Gasteiger partial charge in [-0.25, -0.2) is 0 Å². The summed E-state index contributed by atoms with van der Waals surface area (Å²) in [4.78, 5) is 14.0. The van der Waals surface area contributed by atoms with Crippen LogP contribution in [0.2, 0.25) is 0 Å². The third-order valence-corrected chi connectivity index (χ3v) is 2.84. The third-order valence-electron chi connectivity index (χ3n) is 2.84. The van der Waals surface area contributed by atoms with Crippen LogP contribution >= 0.6 is 0 Å². The molecule has 4 heteroatoms. The highest BCUT2D eigenvalue weighted by Gasteiger charge is 2.16. The molecule has 0 spiro atoms. The van der Waals surface area contributed by atoms with Gasteiger partial charge in [-0.2, -0.15) is 0 Å². The van der Waals surface area contributed by atoms with Crippen molar-refractivity contribution in [1.82, 2.24) is 4.90 Å². The number of hydrogen-bond donors (Lipinski definition) is 1. The maximum absolute atomic E-state index is 12.3. The molecule has 0 fully saturated rings. The summed E-state index contributed by atoms with van der Waals surface area (Å²) < 4.78 is 5.20. The molecule has 4 nitrogen and oxygen atoms in total. The van der Waals surface area contributed by atoms with Crippen LogP contribution in [0.25, 0.3) is 0 Å². The molecule has 1 aromatic rings. The maximum Gasteiger partial charge on any atom is 0.257 e. The highest BCUT2D eigenvalue weighted by molar-refractivity contribution is 5.97. The lowest BCUT2D eigenvalue weighted by Gasteiger charge is -2.19. The molecular formula is C14H22N2O2. The molecule has 1 aromatic carbocycles. The lowest BCUT2D eigenvalue weighted by Crippen LogP contribution is -2.28. The van der Waals surface area contributed by atoms with Crippen molar-refractivity contribution in [1.29, 1.82) is 0 Å². The largest absolute Gasteiger partial charge is 0.496 e. The Morgan fingerprint density at radius 1 is 1.44 bits per heavy atom. The van der Waals surface area contributed by atoms with Gasteiger partial charge < -0.3 is 15.4 Å². The predicted molar refractivity (Wildman–Crippen MR) is 73.8 cm³/mol. The maximum atomic E-state index is 12.3. The van der Waals surface area contributed by atoms with Crippen LogP contribution < -0.4 is 10.5 Å². The molecule has 0 aliphatic rings. The summed E-state index contributed by atoms with van der Waals surface area (Å²) in [5, 5.41) is 0.